The summed E-state index contributed by atoms with van der Waals surface area (Å²) in [5.74, 6) is 1.72. The van der Waals surface area contributed by atoms with Crippen LogP contribution in [-0.2, 0) is 24.3 Å². The fourth-order valence-electron chi connectivity index (χ4n) is 4.24. The molecule has 5 aromatic rings. The number of benzene rings is 3. The number of aryl methyl sites for hydroxylation is 1. The molecule has 8 heteroatoms. The van der Waals surface area contributed by atoms with Crippen molar-refractivity contribution in [1.82, 2.24) is 24.5 Å². The van der Waals surface area contributed by atoms with Gasteiger partial charge in [0.05, 0.1) is 24.6 Å². The second-order valence-corrected chi connectivity index (χ2v) is 8.23. The van der Waals surface area contributed by atoms with Gasteiger partial charge in [0, 0.05) is 24.9 Å². The Bertz CT molecular complexity index is 1560. The van der Waals surface area contributed by atoms with Crippen molar-refractivity contribution >= 4 is 22.6 Å². The number of carbonyl (C=O) groups is 1. The zero-order valence-corrected chi connectivity index (χ0v) is 19.3. The summed E-state index contributed by atoms with van der Waals surface area (Å²) in [5, 5.41) is 12.2. The number of aromatic nitrogens is 4. The summed E-state index contributed by atoms with van der Waals surface area (Å²) in [4.78, 5) is 25.9. The van der Waals surface area contributed by atoms with Gasteiger partial charge in [0.2, 0.25) is 11.7 Å². The van der Waals surface area contributed by atoms with Crippen molar-refractivity contribution < 1.29 is 9.53 Å². The molecule has 1 N–H and O–H groups in total. The Morgan fingerprint density at radius 3 is 2.51 bits per heavy atom. The number of fused-ring (bicyclic) bond motifs is 3. The standard InChI is InChI=1S/C27H25N5O3/c1-35-23-14-8-5-11-20(23)17-28-25(33)16-15-24-29-30-27-31(18-19-9-3-2-4-10-19)26(34)21-12-6-7-13-22(21)32(24)27/h2-14H,15-18H2,1H3,(H,28,33). The Hall–Kier alpha value is -4.46. The molecule has 0 aliphatic rings. The van der Waals surface area contributed by atoms with E-state index in [-0.39, 0.29) is 17.9 Å². The Morgan fingerprint density at radius 1 is 0.943 bits per heavy atom. The summed E-state index contributed by atoms with van der Waals surface area (Å²) in [7, 11) is 1.61. The Morgan fingerprint density at radius 2 is 1.69 bits per heavy atom. The van der Waals surface area contributed by atoms with E-state index in [0.717, 1.165) is 22.4 Å². The van der Waals surface area contributed by atoms with Crippen LogP contribution in [0.4, 0.5) is 0 Å². The van der Waals surface area contributed by atoms with Gasteiger partial charge >= 0.3 is 0 Å². The van der Waals surface area contributed by atoms with E-state index >= 15 is 0 Å². The summed E-state index contributed by atoms with van der Waals surface area (Å²) in [6.07, 6.45) is 0.620. The maximum absolute atomic E-state index is 13.3. The first-order chi connectivity index (χ1) is 17.2. The van der Waals surface area contributed by atoms with Gasteiger partial charge in [-0.05, 0) is 23.8 Å². The van der Waals surface area contributed by atoms with Gasteiger partial charge in [-0.25, -0.2) is 0 Å². The molecule has 0 atom stereocenters. The molecule has 2 aromatic heterocycles. The number of rotatable bonds is 8. The van der Waals surface area contributed by atoms with Gasteiger partial charge < -0.3 is 10.1 Å². The van der Waals surface area contributed by atoms with Crippen LogP contribution in [-0.4, -0.2) is 32.2 Å². The van der Waals surface area contributed by atoms with Crippen LogP contribution >= 0.6 is 0 Å². The van der Waals surface area contributed by atoms with E-state index in [2.05, 4.69) is 15.5 Å². The van der Waals surface area contributed by atoms with E-state index in [4.69, 9.17) is 4.74 Å². The lowest BCUT2D eigenvalue weighted by Crippen LogP contribution is -2.25. The lowest BCUT2D eigenvalue weighted by molar-refractivity contribution is -0.121. The number of nitrogens with one attached hydrogen (secondary N) is 1. The van der Waals surface area contributed by atoms with Crippen molar-refractivity contribution in [1.29, 1.82) is 0 Å². The van der Waals surface area contributed by atoms with Crippen LogP contribution < -0.4 is 15.6 Å². The first-order valence-corrected chi connectivity index (χ1v) is 11.4. The molecule has 35 heavy (non-hydrogen) atoms. The molecule has 0 saturated heterocycles. The van der Waals surface area contributed by atoms with E-state index in [1.165, 1.54) is 0 Å². The fourth-order valence-corrected chi connectivity index (χ4v) is 4.24. The molecule has 0 radical (unpaired) electrons. The third kappa shape index (κ3) is 4.50. The highest BCUT2D eigenvalue weighted by Crippen LogP contribution is 2.18. The monoisotopic (exact) mass is 467 g/mol. The highest BCUT2D eigenvalue weighted by atomic mass is 16.5. The van der Waals surface area contributed by atoms with Crippen LogP contribution in [0.25, 0.3) is 16.7 Å². The number of amides is 1. The predicted molar refractivity (Wildman–Crippen MR) is 133 cm³/mol. The van der Waals surface area contributed by atoms with Crippen LogP contribution in [0.3, 0.4) is 0 Å². The van der Waals surface area contributed by atoms with E-state index < -0.39 is 0 Å². The number of hydrogen-bond donors (Lipinski definition) is 1. The molecule has 0 aliphatic heterocycles. The second kappa shape index (κ2) is 9.80. The van der Waals surface area contributed by atoms with Crippen LogP contribution in [0.15, 0.2) is 83.7 Å². The molecule has 0 bridgehead atoms. The molecule has 8 nitrogen and oxygen atoms in total. The highest BCUT2D eigenvalue weighted by Gasteiger charge is 2.17. The largest absolute Gasteiger partial charge is 0.496 e. The molecule has 3 aromatic carbocycles. The van der Waals surface area contributed by atoms with E-state index in [0.29, 0.717) is 36.5 Å². The zero-order chi connectivity index (χ0) is 24.2. The molecular formula is C27H25N5O3. The van der Waals surface area contributed by atoms with Crippen molar-refractivity contribution in [3.8, 4) is 5.75 Å². The minimum atomic E-state index is -0.120. The predicted octanol–water partition coefficient (Wildman–Crippen LogP) is 3.35. The maximum Gasteiger partial charge on any atom is 0.263 e. The first kappa shape index (κ1) is 22.3. The molecule has 2 heterocycles. The average molecular weight is 468 g/mol. The average Bonchev–Trinajstić information content (AvgIpc) is 3.33. The molecular weight excluding hydrogens is 442 g/mol. The Labute approximate surface area is 201 Å². The SMILES string of the molecule is COc1ccccc1CNC(=O)CCc1nnc2n(Cc3ccccc3)c(=O)c3ccccc3n12. The molecule has 0 saturated carbocycles. The summed E-state index contributed by atoms with van der Waals surface area (Å²) >= 11 is 0. The van der Waals surface area contributed by atoms with Crippen molar-refractivity contribution in [3.63, 3.8) is 0 Å². The van der Waals surface area contributed by atoms with Crippen LogP contribution in [0, 0.1) is 0 Å². The van der Waals surface area contributed by atoms with E-state index in [1.807, 2.05) is 83.3 Å². The minimum Gasteiger partial charge on any atom is -0.496 e. The third-order valence-corrected chi connectivity index (χ3v) is 6.00. The van der Waals surface area contributed by atoms with E-state index in [9.17, 15) is 9.59 Å². The molecule has 0 spiro atoms. The summed E-state index contributed by atoms with van der Waals surface area (Å²) < 4.78 is 8.87. The second-order valence-electron chi connectivity index (χ2n) is 8.23. The molecule has 5 rings (SSSR count). The number of ether oxygens (including phenoxy) is 1. The van der Waals surface area contributed by atoms with Crippen molar-refractivity contribution in [3.05, 3.63) is 106 Å². The van der Waals surface area contributed by atoms with Crippen LogP contribution in [0.1, 0.15) is 23.4 Å². The molecule has 1 amide bonds. The summed E-state index contributed by atoms with van der Waals surface area (Å²) in [6, 6.07) is 24.8. The normalized spacial score (nSPS) is 11.1. The fraction of sp³-hybridized carbons (Fsp3) is 0.185. The number of carbonyl (C=O) groups excluding carboxylic acids is 1. The number of hydrogen-bond acceptors (Lipinski definition) is 5. The van der Waals surface area contributed by atoms with Gasteiger partial charge in [-0.3, -0.25) is 18.6 Å². The summed E-state index contributed by atoms with van der Waals surface area (Å²) in [5.41, 5.74) is 2.51. The minimum absolute atomic E-state index is 0.102. The van der Waals surface area contributed by atoms with Gasteiger partial charge in [0.15, 0.2) is 0 Å². The lowest BCUT2D eigenvalue weighted by atomic mass is 10.2. The number of methoxy groups -OCH3 is 1. The van der Waals surface area contributed by atoms with Crippen molar-refractivity contribution in [2.24, 2.45) is 0 Å². The maximum atomic E-state index is 13.3. The zero-order valence-electron chi connectivity index (χ0n) is 19.3. The van der Waals surface area contributed by atoms with Crippen molar-refractivity contribution in [2.45, 2.75) is 25.9 Å². The van der Waals surface area contributed by atoms with Gasteiger partial charge in [-0.15, -0.1) is 10.2 Å². The summed E-state index contributed by atoms with van der Waals surface area (Å²) in [6.45, 7) is 0.758. The third-order valence-electron chi connectivity index (χ3n) is 6.00. The topological polar surface area (TPSA) is 90.5 Å². The molecule has 0 aliphatic carbocycles. The van der Waals surface area contributed by atoms with Crippen LogP contribution in [0.2, 0.25) is 0 Å². The van der Waals surface area contributed by atoms with Gasteiger partial charge in [0.25, 0.3) is 5.56 Å². The van der Waals surface area contributed by atoms with Crippen molar-refractivity contribution in [2.75, 3.05) is 7.11 Å². The van der Waals surface area contributed by atoms with Gasteiger partial charge in [-0.1, -0.05) is 60.7 Å². The molecule has 176 valence electrons. The number of nitrogens with zero attached hydrogens (tertiary/aromatic N) is 4. The molecule has 0 unspecified atom stereocenters. The quantitative estimate of drug-likeness (QED) is 0.378. The lowest BCUT2D eigenvalue weighted by Gasteiger charge is -2.12. The Kier molecular flexibility index (Phi) is 6.26. The molecule has 0 fully saturated rings. The van der Waals surface area contributed by atoms with Crippen LogP contribution in [0.5, 0.6) is 5.75 Å². The Balaban J connectivity index is 1.42. The highest BCUT2D eigenvalue weighted by molar-refractivity contribution is 5.80. The van der Waals surface area contributed by atoms with Gasteiger partial charge in [0.1, 0.15) is 11.6 Å². The van der Waals surface area contributed by atoms with E-state index in [1.54, 1.807) is 11.7 Å². The van der Waals surface area contributed by atoms with Gasteiger partial charge in [-0.2, -0.15) is 0 Å². The number of para-hydroxylation sites is 2. The first-order valence-electron chi connectivity index (χ1n) is 11.4. The smallest absolute Gasteiger partial charge is 0.263 e.